The zero-order valence-corrected chi connectivity index (χ0v) is 8.37. The van der Waals surface area contributed by atoms with E-state index in [0.29, 0.717) is 0 Å². The zero-order chi connectivity index (χ0) is 9.98. The number of nitrogens with one attached hydrogen (secondary N) is 2. The molecule has 0 saturated carbocycles. The van der Waals surface area contributed by atoms with Crippen molar-refractivity contribution in [1.29, 1.82) is 0 Å². The Bertz CT molecular complexity index is 127. The molecule has 0 aromatic carbocycles. The number of hydrogen-bond donors (Lipinski definition) is 4. The zero-order valence-electron chi connectivity index (χ0n) is 7.43. The van der Waals surface area contributed by atoms with E-state index in [-0.39, 0.29) is 30.2 Å². The molecule has 1 radical (unpaired) electrons. The number of likely N-dealkylation sites (N-methyl/N-ethyl adjacent to an activating group) is 2. The summed E-state index contributed by atoms with van der Waals surface area (Å²) in [6.45, 7) is 0.0833. The summed E-state index contributed by atoms with van der Waals surface area (Å²) in [5, 5.41) is 20.6. The van der Waals surface area contributed by atoms with Gasteiger partial charge in [-0.3, -0.25) is 9.59 Å². The second kappa shape index (κ2) is 13.9. The minimum atomic E-state index is -0.822. The third kappa shape index (κ3) is 34.6. The first-order valence-corrected chi connectivity index (χ1v) is 3.27. The van der Waals surface area contributed by atoms with Crippen LogP contribution in [-0.2, 0) is 26.7 Å². The molecule has 0 saturated heterocycles. The molecule has 0 bridgehead atoms. The monoisotopic (exact) mass is 241 g/mol. The Kier molecular flexibility index (Phi) is 19.5. The van der Waals surface area contributed by atoms with Crippen LogP contribution in [0, 0.1) is 0 Å². The summed E-state index contributed by atoms with van der Waals surface area (Å²) < 4.78 is 0. The quantitative estimate of drug-likeness (QED) is 0.451. The Morgan fingerprint density at radius 3 is 1.23 bits per heavy atom. The van der Waals surface area contributed by atoms with Crippen molar-refractivity contribution in [2.45, 2.75) is 0 Å². The molecule has 0 rings (SSSR count). The fourth-order valence-electron chi connectivity index (χ4n) is 0.302. The third-order valence-electron chi connectivity index (χ3n) is 0.656. The van der Waals surface area contributed by atoms with E-state index in [0.717, 1.165) is 0 Å². The van der Waals surface area contributed by atoms with Crippen LogP contribution in [0.3, 0.4) is 0 Å². The molecule has 7 heteroatoms. The molecule has 0 unspecified atom stereocenters. The fourth-order valence-corrected chi connectivity index (χ4v) is 0.302. The van der Waals surface area contributed by atoms with Crippen LogP contribution in [0.25, 0.3) is 0 Å². The maximum atomic E-state index is 9.54. The van der Waals surface area contributed by atoms with Gasteiger partial charge < -0.3 is 20.8 Å². The number of hydrogen-bond acceptors (Lipinski definition) is 4. The van der Waals surface area contributed by atoms with E-state index in [1.54, 1.807) is 14.1 Å². The summed E-state index contributed by atoms with van der Waals surface area (Å²) in [5.74, 6) is -1.64. The Morgan fingerprint density at radius 2 is 1.23 bits per heavy atom. The average Bonchev–Trinajstić information content (AvgIpc) is 1.87. The molecule has 83 valence electrons. The number of aliphatic carboxylic acids is 2. The molecule has 0 heterocycles. The second-order valence-corrected chi connectivity index (χ2v) is 1.85. The molecule has 0 amide bonds. The van der Waals surface area contributed by atoms with Crippen molar-refractivity contribution < 1.29 is 36.9 Å². The van der Waals surface area contributed by atoms with Gasteiger partial charge in [0.1, 0.15) is 0 Å². The van der Waals surface area contributed by atoms with Crippen molar-refractivity contribution in [3.8, 4) is 0 Å². The van der Waals surface area contributed by atoms with E-state index >= 15 is 0 Å². The molecular formula is C6H14CuN2O4. The molecule has 0 aromatic rings. The number of carboxylic acids is 2. The van der Waals surface area contributed by atoms with E-state index < -0.39 is 11.9 Å². The molecule has 0 aliphatic carbocycles. The SMILES string of the molecule is CNCC(=O)O.CNCC(=O)O.[Cu]. The molecule has 13 heavy (non-hydrogen) atoms. The van der Waals surface area contributed by atoms with E-state index in [1.165, 1.54) is 0 Å². The number of rotatable bonds is 4. The van der Waals surface area contributed by atoms with Crippen molar-refractivity contribution in [3.63, 3.8) is 0 Å². The summed E-state index contributed by atoms with van der Waals surface area (Å²) >= 11 is 0. The van der Waals surface area contributed by atoms with Gasteiger partial charge in [0.05, 0.1) is 13.1 Å². The Labute approximate surface area is 87.2 Å². The van der Waals surface area contributed by atoms with Crippen LogP contribution in [-0.4, -0.2) is 49.3 Å². The molecule has 0 fully saturated rings. The van der Waals surface area contributed by atoms with Crippen LogP contribution in [0.15, 0.2) is 0 Å². The van der Waals surface area contributed by atoms with Crippen molar-refractivity contribution in [2.24, 2.45) is 0 Å². The molecule has 0 aliphatic rings. The standard InChI is InChI=1S/2C3H7NO2.Cu/c2*1-4-2-3(5)6;/h2*4H,2H2,1H3,(H,5,6);. The van der Waals surface area contributed by atoms with Gasteiger partial charge in [0.25, 0.3) is 0 Å². The fraction of sp³-hybridized carbons (Fsp3) is 0.667. The minimum absolute atomic E-state index is 0. The largest absolute Gasteiger partial charge is 0.480 e. The first-order chi connectivity index (χ1) is 5.54. The summed E-state index contributed by atoms with van der Waals surface area (Å²) in [6, 6.07) is 0. The van der Waals surface area contributed by atoms with Crippen LogP contribution in [0.2, 0.25) is 0 Å². The number of carbonyl (C=O) groups is 2. The molecule has 0 aromatic heterocycles. The average molecular weight is 242 g/mol. The predicted octanol–water partition coefficient (Wildman–Crippen LogP) is -1.42. The molecule has 4 N–H and O–H groups in total. The molecule has 0 aliphatic heterocycles. The normalized spacial score (nSPS) is 7.54. The van der Waals surface area contributed by atoms with Crippen LogP contribution < -0.4 is 10.6 Å². The topological polar surface area (TPSA) is 98.7 Å². The van der Waals surface area contributed by atoms with Gasteiger partial charge in [-0.1, -0.05) is 0 Å². The first-order valence-electron chi connectivity index (χ1n) is 3.27. The van der Waals surface area contributed by atoms with Crippen LogP contribution >= 0.6 is 0 Å². The van der Waals surface area contributed by atoms with Crippen molar-refractivity contribution >= 4 is 11.9 Å². The summed E-state index contributed by atoms with van der Waals surface area (Å²) in [7, 11) is 3.18. The smallest absolute Gasteiger partial charge is 0.317 e. The van der Waals surface area contributed by atoms with E-state index in [9.17, 15) is 9.59 Å². The summed E-state index contributed by atoms with van der Waals surface area (Å²) in [4.78, 5) is 19.1. The van der Waals surface area contributed by atoms with Gasteiger partial charge in [-0.05, 0) is 14.1 Å². The van der Waals surface area contributed by atoms with Gasteiger partial charge in [0.2, 0.25) is 0 Å². The molecule has 6 nitrogen and oxygen atoms in total. The van der Waals surface area contributed by atoms with Crippen molar-refractivity contribution in [2.75, 3.05) is 27.2 Å². The molecule has 0 spiro atoms. The van der Waals surface area contributed by atoms with Crippen LogP contribution in [0.5, 0.6) is 0 Å². The molecule has 0 atom stereocenters. The van der Waals surface area contributed by atoms with E-state index in [2.05, 4.69) is 10.6 Å². The molecular weight excluding hydrogens is 228 g/mol. The van der Waals surface area contributed by atoms with E-state index in [4.69, 9.17) is 10.2 Å². The maximum Gasteiger partial charge on any atom is 0.317 e. The minimum Gasteiger partial charge on any atom is -0.480 e. The first kappa shape index (κ1) is 18.2. The van der Waals surface area contributed by atoms with E-state index in [1.807, 2.05) is 0 Å². The number of carboxylic acid groups (broad SMARTS) is 2. The van der Waals surface area contributed by atoms with Gasteiger partial charge >= 0.3 is 11.9 Å². The second-order valence-electron chi connectivity index (χ2n) is 1.85. The van der Waals surface area contributed by atoms with Crippen LogP contribution in [0.4, 0.5) is 0 Å². The van der Waals surface area contributed by atoms with Gasteiger partial charge in [0.15, 0.2) is 0 Å². The Morgan fingerprint density at radius 1 is 1.00 bits per heavy atom. The van der Waals surface area contributed by atoms with Gasteiger partial charge in [-0.25, -0.2) is 0 Å². The third-order valence-corrected chi connectivity index (χ3v) is 0.656. The van der Waals surface area contributed by atoms with Gasteiger partial charge in [-0.2, -0.15) is 0 Å². The Hall–Kier alpha value is -0.621. The van der Waals surface area contributed by atoms with Crippen molar-refractivity contribution in [1.82, 2.24) is 10.6 Å². The van der Waals surface area contributed by atoms with Gasteiger partial charge in [0, 0.05) is 17.1 Å². The van der Waals surface area contributed by atoms with Crippen molar-refractivity contribution in [3.05, 3.63) is 0 Å². The summed E-state index contributed by atoms with van der Waals surface area (Å²) in [5.41, 5.74) is 0. The van der Waals surface area contributed by atoms with Gasteiger partial charge in [-0.15, -0.1) is 0 Å². The summed E-state index contributed by atoms with van der Waals surface area (Å²) in [6.07, 6.45) is 0. The van der Waals surface area contributed by atoms with Crippen LogP contribution in [0.1, 0.15) is 0 Å². The Balaban J connectivity index is -0.000000143. The predicted molar refractivity (Wildman–Crippen MR) is 43.1 cm³/mol. The maximum absolute atomic E-state index is 9.54.